The molecule has 0 radical (unpaired) electrons. The molecule has 0 aromatic heterocycles. The Morgan fingerprint density at radius 3 is 2.21 bits per heavy atom. The highest BCUT2D eigenvalue weighted by atomic mass is 16.6. The number of ether oxygens (including phenoxy) is 1. The molecule has 7 nitrogen and oxygen atoms in total. The lowest BCUT2D eigenvalue weighted by molar-refractivity contribution is -0.272. The molecule has 14 heavy (non-hydrogen) atoms. The molecule has 0 saturated carbocycles. The molecule has 1 rings (SSSR count). The van der Waals surface area contributed by atoms with E-state index in [-0.39, 0.29) is 6.42 Å². The average molecular weight is 208 g/mol. The Bertz CT molecular complexity index is 187. The molecule has 6 N–H and O–H groups in total. The van der Waals surface area contributed by atoms with Crippen LogP contribution in [-0.2, 0) is 4.74 Å². The number of aliphatic hydroxyl groups excluding tert-OH is 4. The van der Waals surface area contributed by atoms with Gasteiger partial charge >= 0.3 is 7.12 Å². The van der Waals surface area contributed by atoms with Crippen molar-refractivity contribution in [3.63, 3.8) is 0 Å². The van der Waals surface area contributed by atoms with Crippen molar-refractivity contribution in [2.45, 2.75) is 30.4 Å². The fourth-order valence-electron chi connectivity index (χ4n) is 1.37. The molecular formula is C6H13BO7. The van der Waals surface area contributed by atoms with Gasteiger partial charge in [0.15, 0.2) is 6.29 Å². The van der Waals surface area contributed by atoms with Crippen molar-refractivity contribution in [2.75, 3.05) is 6.61 Å². The second-order valence-electron chi connectivity index (χ2n) is 3.37. The van der Waals surface area contributed by atoms with Crippen molar-refractivity contribution in [3.8, 4) is 0 Å². The number of hydrogen-bond donors (Lipinski definition) is 6. The highest BCUT2D eigenvalue weighted by Gasteiger charge is 2.52. The van der Waals surface area contributed by atoms with Crippen LogP contribution in [0.15, 0.2) is 0 Å². The molecule has 4 atom stereocenters. The third-order valence-electron chi connectivity index (χ3n) is 2.33. The first-order valence-corrected chi connectivity index (χ1v) is 4.12. The summed E-state index contributed by atoms with van der Waals surface area (Å²) in [5, 5.41) is 54.1. The van der Waals surface area contributed by atoms with Crippen LogP contribution in [0.4, 0.5) is 0 Å². The number of aliphatic hydroxyl groups is 4. The van der Waals surface area contributed by atoms with Crippen LogP contribution in [0.5, 0.6) is 0 Å². The summed E-state index contributed by atoms with van der Waals surface area (Å²) in [7, 11) is -2.05. The van der Waals surface area contributed by atoms with E-state index in [0.717, 1.165) is 0 Å². The Morgan fingerprint density at radius 2 is 1.86 bits per heavy atom. The Hall–Kier alpha value is -0.215. The van der Waals surface area contributed by atoms with Crippen LogP contribution in [-0.4, -0.2) is 68.2 Å². The molecule has 0 aromatic rings. The van der Waals surface area contributed by atoms with E-state index in [0.29, 0.717) is 0 Å². The van der Waals surface area contributed by atoms with Crippen LogP contribution in [0.3, 0.4) is 0 Å². The van der Waals surface area contributed by atoms with Gasteiger partial charge in [-0.05, 0) is 0 Å². The van der Waals surface area contributed by atoms with Crippen molar-refractivity contribution >= 4 is 7.12 Å². The molecule has 0 aromatic carbocycles. The van der Waals surface area contributed by atoms with Crippen LogP contribution < -0.4 is 0 Å². The zero-order valence-electron chi connectivity index (χ0n) is 7.32. The molecule has 1 aliphatic heterocycles. The topological polar surface area (TPSA) is 131 Å². The molecule has 1 aliphatic rings. The van der Waals surface area contributed by atoms with E-state index in [2.05, 4.69) is 4.74 Å². The second kappa shape index (κ2) is 4.11. The molecular weight excluding hydrogens is 195 g/mol. The van der Waals surface area contributed by atoms with Crippen LogP contribution in [0.25, 0.3) is 0 Å². The van der Waals surface area contributed by atoms with Gasteiger partial charge in [-0.2, -0.15) is 0 Å². The molecule has 8 heteroatoms. The summed E-state index contributed by atoms with van der Waals surface area (Å²) in [6.07, 6.45) is -5.03. The van der Waals surface area contributed by atoms with Gasteiger partial charge in [-0.25, -0.2) is 0 Å². The summed E-state index contributed by atoms with van der Waals surface area (Å²) >= 11 is 0. The maximum Gasteiger partial charge on any atom is 0.488 e. The standard InChI is InChI=1S/C6H13BO7/c8-2-6(7(12)13)1-3(9)4(10)5(11)14-6/h3-5,8-13H,1-2H2/t3?,4?,5?,6-/m1/s1. The van der Waals surface area contributed by atoms with Gasteiger partial charge in [0.25, 0.3) is 0 Å². The van der Waals surface area contributed by atoms with Gasteiger partial charge < -0.3 is 35.2 Å². The van der Waals surface area contributed by atoms with Crippen LogP contribution in [0.1, 0.15) is 6.42 Å². The number of hydrogen-bond acceptors (Lipinski definition) is 7. The summed E-state index contributed by atoms with van der Waals surface area (Å²) < 4.78 is 4.66. The minimum Gasteiger partial charge on any atom is -0.425 e. The van der Waals surface area contributed by atoms with Crippen molar-refractivity contribution in [2.24, 2.45) is 0 Å². The SMILES string of the molecule is OC[C@@]1(B(O)O)CC(O)C(O)C(O)O1. The molecule has 0 bridgehead atoms. The molecule has 1 saturated heterocycles. The Kier molecular flexibility index (Phi) is 3.48. The fourth-order valence-corrected chi connectivity index (χ4v) is 1.37. The largest absolute Gasteiger partial charge is 0.488 e. The van der Waals surface area contributed by atoms with Crippen molar-refractivity contribution < 1.29 is 35.2 Å². The summed E-state index contributed by atoms with van der Waals surface area (Å²) in [5.74, 6) is 0. The monoisotopic (exact) mass is 208 g/mol. The van der Waals surface area contributed by atoms with Crippen molar-refractivity contribution in [1.29, 1.82) is 0 Å². The molecule has 1 fully saturated rings. The predicted octanol–water partition coefficient (Wildman–Crippen LogP) is -3.81. The van der Waals surface area contributed by atoms with E-state index in [4.69, 9.17) is 25.4 Å². The van der Waals surface area contributed by atoms with Crippen molar-refractivity contribution in [3.05, 3.63) is 0 Å². The van der Waals surface area contributed by atoms with Gasteiger partial charge in [0.2, 0.25) is 0 Å². The van der Waals surface area contributed by atoms with Crippen LogP contribution in [0.2, 0.25) is 0 Å². The van der Waals surface area contributed by atoms with E-state index < -0.39 is 37.7 Å². The van der Waals surface area contributed by atoms with Gasteiger partial charge in [-0.3, -0.25) is 0 Å². The van der Waals surface area contributed by atoms with Crippen LogP contribution in [0, 0.1) is 0 Å². The summed E-state index contributed by atoms with van der Waals surface area (Å²) in [4.78, 5) is 0. The van der Waals surface area contributed by atoms with Gasteiger partial charge in [-0.15, -0.1) is 0 Å². The predicted molar refractivity (Wildman–Crippen MR) is 43.7 cm³/mol. The van der Waals surface area contributed by atoms with E-state index >= 15 is 0 Å². The highest BCUT2D eigenvalue weighted by Crippen LogP contribution is 2.29. The lowest BCUT2D eigenvalue weighted by atomic mass is 9.63. The van der Waals surface area contributed by atoms with E-state index in [1.54, 1.807) is 0 Å². The van der Waals surface area contributed by atoms with Gasteiger partial charge in [0.05, 0.1) is 12.7 Å². The molecule has 0 amide bonds. The summed E-state index contributed by atoms with van der Waals surface area (Å²) in [6.45, 7) is -0.786. The average Bonchev–Trinajstić information content (AvgIpc) is 2.13. The third kappa shape index (κ3) is 1.91. The molecule has 0 spiro atoms. The Labute approximate surface area is 80.3 Å². The third-order valence-corrected chi connectivity index (χ3v) is 2.33. The zero-order valence-corrected chi connectivity index (χ0v) is 7.32. The maximum atomic E-state index is 9.24. The van der Waals surface area contributed by atoms with Crippen molar-refractivity contribution in [1.82, 2.24) is 0 Å². The lowest BCUT2D eigenvalue weighted by Crippen LogP contribution is -2.63. The lowest BCUT2D eigenvalue weighted by Gasteiger charge is -2.42. The first-order valence-electron chi connectivity index (χ1n) is 4.12. The minimum absolute atomic E-state index is 0.376. The zero-order chi connectivity index (χ0) is 10.9. The van der Waals surface area contributed by atoms with E-state index in [1.807, 2.05) is 0 Å². The van der Waals surface area contributed by atoms with Gasteiger partial charge in [-0.1, -0.05) is 0 Å². The van der Waals surface area contributed by atoms with Gasteiger partial charge in [0.1, 0.15) is 11.6 Å². The highest BCUT2D eigenvalue weighted by molar-refractivity contribution is 6.45. The summed E-state index contributed by atoms with van der Waals surface area (Å²) in [5.41, 5.74) is -1.85. The fraction of sp³-hybridized carbons (Fsp3) is 1.00. The molecule has 1 heterocycles. The second-order valence-corrected chi connectivity index (χ2v) is 3.37. The Morgan fingerprint density at radius 1 is 1.29 bits per heavy atom. The van der Waals surface area contributed by atoms with Crippen LogP contribution >= 0.6 is 0 Å². The summed E-state index contributed by atoms with van der Waals surface area (Å²) in [6, 6.07) is 0. The Balaban J connectivity index is 2.81. The molecule has 82 valence electrons. The smallest absolute Gasteiger partial charge is 0.425 e. The quantitative estimate of drug-likeness (QED) is 0.256. The normalized spacial score (nSPS) is 43.7. The number of rotatable bonds is 2. The maximum absolute atomic E-state index is 9.24. The van der Waals surface area contributed by atoms with E-state index in [1.165, 1.54) is 0 Å². The van der Waals surface area contributed by atoms with E-state index in [9.17, 15) is 5.11 Å². The molecule has 3 unspecified atom stereocenters. The first-order chi connectivity index (χ1) is 6.43. The molecule has 0 aliphatic carbocycles. The first kappa shape index (κ1) is 11.9. The van der Waals surface area contributed by atoms with Gasteiger partial charge in [0, 0.05) is 6.42 Å². The minimum atomic E-state index is -2.05.